The molecule has 0 spiro atoms. The van der Waals surface area contributed by atoms with Gasteiger partial charge in [0.2, 0.25) is 0 Å². The molecule has 0 aliphatic rings. The molecule has 0 radical (unpaired) electrons. The van der Waals surface area contributed by atoms with Crippen molar-refractivity contribution in [2.75, 3.05) is 0 Å². The zero-order valence-electron chi connectivity index (χ0n) is 13.9. The number of hydrogen-bond donors (Lipinski definition) is 1. The Bertz CT molecular complexity index is 829. The molecule has 3 aromatic rings. The average molecular weight is 318 g/mol. The molecule has 0 fully saturated rings. The summed E-state index contributed by atoms with van der Waals surface area (Å²) in [4.78, 5) is 1.04. The van der Waals surface area contributed by atoms with Gasteiger partial charge in [-0.05, 0) is 65.3 Å². The highest BCUT2D eigenvalue weighted by Crippen LogP contribution is 2.28. The van der Waals surface area contributed by atoms with Gasteiger partial charge in [-0.25, -0.2) is 0 Å². The van der Waals surface area contributed by atoms with Gasteiger partial charge < -0.3 is 0 Å². The number of rotatable bonds is 3. The van der Waals surface area contributed by atoms with E-state index in [0.29, 0.717) is 0 Å². The molecule has 0 aromatic heterocycles. The fourth-order valence-electron chi connectivity index (χ4n) is 2.88. The van der Waals surface area contributed by atoms with E-state index < -0.39 is 0 Å². The Morgan fingerprint density at radius 1 is 0.652 bits per heavy atom. The fraction of sp³-hybridized carbons (Fsp3) is 0.182. The monoisotopic (exact) mass is 318 g/mol. The van der Waals surface area contributed by atoms with E-state index in [0.717, 1.165) is 11.3 Å². The zero-order chi connectivity index (χ0) is 16.4. The van der Waals surface area contributed by atoms with Gasteiger partial charge in [-0.2, -0.15) is 0 Å². The highest BCUT2D eigenvalue weighted by Gasteiger charge is 2.04. The largest absolute Gasteiger partial charge is 0.143 e. The lowest BCUT2D eigenvalue weighted by atomic mass is 9.96. The van der Waals surface area contributed by atoms with Gasteiger partial charge in [0.25, 0.3) is 0 Å². The summed E-state index contributed by atoms with van der Waals surface area (Å²) in [6.45, 7) is 6.47. The molecule has 3 aromatic carbocycles. The van der Waals surface area contributed by atoms with Gasteiger partial charge in [-0.1, -0.05) is 61.5 Å². The molecular weight excluding hydrogens is 296 g/mol. The Labute approximate surface area is 144 Å². The topological polar surface area (TPSA) is 0 Å². The number of hydrogen-bond acceptors (Lipinski definition) is 1. The van der Waals surface area contributed by atoms with Crippen LogP contribution in [0.5, 0.6) is 0 Å². The van der Waals surface area contributed by atoms with Gasteiger partial charge in [0.15, 0.2) is 0 Å². The van der Waals surface area contributed by atoms with Gasteiger partial charge >= 0.3 is 0 Å². The SMILES string of the molecule is CCc1cc(-c2ccc(-c3ccc(C)c(S)c3)cc2)ccc1C. The zero-order valence-corrected chi connectivity index (χ0v) is 14.8. The molecule has 0 heterocycles. The minimum Gasteiger partial charge on any atom is -0.143 e. The van der Waals surface area contributed by atoms with Gasteiger partial charge in [0, 0.05) is 4.90 Å². The van der Waals surface area contributed by atoms with Crippen LogP contribution in [0.3, 0.4) is 0 Å². The van der Waals surface area contributed by atoms with Crippen molar-refractivity contribution in [3.8, 4) is 22.3 Å². The number of aryl methyl sites for hydroxylation is 3. The fourth-order valence-corrected chi connectivity index (χ4v) is 3.09. The minimum atomic E-state index is 1.04. The van der Waals surface area contributed by atoms with E-state index in [1.807, 2.05) is 0 Å². The molecule has 0 amide bonds. The van der Waals surface area contributed by atoms with Crippen molar-refractivity contribution in [1.29, 1.82) is 0 Å². The molecule has 0 saturated carbocycles. The van der Waals surface area contributed by atoms with Crippen LogP contribution >= 0.6 is 12.6 Å². The summed E-state index contributed by atoms with van der Waals surface area (Å²) in [5, 5.41) is 0. The van der Waals surface area contributed by atoms with Crippen LogP contribution in [0.25, 0.3) is 22.3 Å². The third-order valence-electron chi connectivity index (χ3n) is 4.49. The maximum absolute atomic E-state index is 4.53. The summed E-state index contributed by atoms with van der Waals surface area (Å²) in [5.41, 5.74) is 9.00. The molecule has 0 aliphatic heterocycles. The van der Waals surface area contributed by atoms with Crippen molar-refractivity contribution in [2.24, 2.45) is 0 Å². The minimum absolute atomic E-state index is 1.04. The van der Waals surface area contributed by atoms with Gasteiger partial charge in [0.05, 0.1) is 0 Å². The van der Waals surface area contributed by atoms with Crippen LogP contribution in [-0.2, 0) is 6.42 Å². The summed E-state index contributed by atoms with van der Waals surface area (Å²) in [6.07, 6.45) is 1.08. The van der Waals surface area contributed by atoms with Crippen LogP contribution in [0.2, 0.25) is 0 Å². The van der Waals surface area contributed by atoms with Crippen molar-refractivity contribution in [1.82, 2.24) is 0 Å². The van der Waals surface area contributed by atoms with Crippen molar-refractivity contribution in [3.63, 3.8) is 0 Å². The second kappa shape index (κ2) is 6.64. The van der Waals surface area contributed by atoms with E-state index in [-0.39, 0.29) is 0 Å². The Morgan fingerprint density at radius 2 is 1.13 bits per heavy atom. The van der Waals surface area contributed by atoms with Crippen molar-refractivity contribution in [3.05, 3.63) is 77.4 Å². The maximum Gasteiger partial charge on any atom is 0.00753 e. The maximum atomic E-state index is 4.53. The number of thiol groups is 1. The summed E-state index contributed by atoms with van der Waals surface area (Å²) in [6, 6.07) is 21.9. The summed E-state index contributed by atoms with van der Waals surface area (Å²) >= 11 is 4.53. The third-order valence-corrected chi connectivity index (χ3v) is 4.97. The van der Waals surface area contributed by atoms with Crippen LogP contribution in [-0.4, -0.2) is 0 Å². The Kier molecular flexibility index (Phi) is 4.58. The second-order valence-corrected chi connectivity index (χ2v) is 6.56. The third kappa shape index (κ3) is 3.35. The van der Waals surface area contributed by atoms with Gasteiger partial charge in [-0.3, -0.25) is 0 Å². The predicted octanol–water partition coefficient (Wildman–Crippen LogP) is 6.49. The van der Waals surface area contributed by atoms with Crippen LogP contribution in [0.4, 0.5) is 0 Å². The van der Waals surface area contributed by atoms with E-state index in [2.05, 4.69) is 94.1 Å². The second-order valence-electron chi connectivity index (χ2n) is 6.07. The van der Waals surface area contributed by atoms with Crippen LogP contribution in [0, 0.1) is 13.8 Å². The first-order valence-electron chi connectivity index (χ1n) is 8.08. The van der Waals surface area contributed by atoms with Crippen LogP contribution in [0.1, 0.15) is 23.6 Å². The lowest BCUT2D eigenvalue weighted by Gasteiger charge is -2.09. The Balaban J connectivity index is 1.94. The summed E-state index contributed by atoms with van der Waals surface area (Å²) in [7, 11) is 0. The molecule has 0 nitrogen and oxygen atoms in total. The average Bonchev–Trinajstić information content (AvgIpc) is 2.58. The normalized spacial score (nSPS) is 10.8. The Morgan fingerprint density at radius 3 is 1.65 bits per heavy atom. The van der Waals surface area contributed by atoms with Gasteiger partial charge in [0.1, 0.15) is 0 Å². The van der Waals surface area contributed by atoms with E-state index in [9.17, 15) is 0 Å². The lowest BCUT2D eigenvalue weighted by Crippen LogP contribution is -1.88. The molecule has 0 aliphatic carbocycles. The lowest BCUT2D eigenvalue weighted by molar-refractivity contribution is 1.11. The van der Waals surface area contributed by atoms with Crippen molar-refractivity contribution < 1.29 is 0 Å². The first-order chi connectivity index (χ1) is 11.1. The van der Waals surface area contributed by atoms with Crippen LogP contribution in [0.15, 0.2) is 65.6 Å². The highest BCUT2D eigenvalue weighted by atomic mass is 32.1. The Hall–Kier alpha value is -1.99. The molecule has 3 rings (SSSR count). The summed E-state index contributed by atoms with van der Waals surface area (Å²) in [5.74, 6) is 0. The first kappa shape index (κ1) is 15.9. The smallest absolute Gasteiger partial charge is 0.00753 e. The molecular formula is C22H22S. The molecule has 0 bridgehead atoms. The van der Waals surface area contributed by atoms with E-state index in [1.54, 1.807) is 0 Å². The predicted molar refractivity (Wildman–Crippen MR) is 103 cm³/mol. The molecule has 0 N–H and O–H groups in total. The quantitative estimate of drug-likeness (QED) is 0.524. The van der Waals surface area contributed by atoms with E-state index in [1.165, 1.54) is 38.9 Å². The van der Waals surface area contributed by atoms with Crippen LogP contribution < -0.4 is 0 Å². The van der Waals surface area contributed by atoms with E-state index in [4.69, 9.17) is 0 Å². The summed E-state index contributed by atoms with van der Waals surface area (Å²) < 4.78 is 0. The molecule has 23 heavy (non-hydrogen) atoms. The molecule has 1 heteroatoms. The molecule has 0 atom stereocenters. The molecule has 116 valence electrons. The molecule has 0 saturated heterocycles. The number of benzene rings is 3. The standard InChI is InChI=1S/C22H22S/c1-4-17-13-20(7-5-15(17)2)18-9-11-19(12-10-18)21-8-6-16(3)22(23)14-21/h5-14,23H,4H2,1-3H3. The highest BCUT2D eigenvalue weighted by molar-refractivity contribution is 7.80. The first-order valence-corrected chi connectivity index (χ1v) is 8.53. The van der Waals surface area contributed by atoms with Gasteiger partial charge in [-0.15, -0.1) is 12.6 Å². The van der Waals surface area contributed by atoms with Crippen molar-refractivity contribution >= 4 is 12.6 Å². The molecule has 0 unspecified atom stereocenters. The van der Waals surface area contributed by atoms with Crippen molar-refractivity contribution in [2.45, 2.75) is 32.1 Å². The van der Waals surface area contributed by atoms with E-state index >= 15 is 0 Å².